The number of hydrogen-bond donors (Lipinski definition) is 1. The number of amides is 2. The number of benzene rings is 1. The van der Waals surface area contributed by atoms with E-state index in [1.807, 2.05) is 30.3 Å². The van der Waals surface area contributed by atoms with E-state index in [4.69, 9.17) is 4.74 Å². The summed E-state index contributed by atoms with van der Waals surface area (Å²) in [5, 5.41) is 2.67. The molecule has 1 aliphatic heterocycles. The molecule has 0 saturated carbocycles. The molecule has 2 amide bonds. The molecular weight excluding hydrogens is 244 g/mol. The standard InChI is InChI=1S/C14H18N2O3/c1-16(14(18)12-7-8-13(17)15-12)9-10-19-11-5-3-2-4-6-11/h2-6,12H,7-10H2,1H3,(H,15,17)/t12-/m1/s1. The first-order valence-electron chi connectivity index (χ1n) is 6.39. The van der Waals surface area contributed by atoms with E-state index in [1.165, 1.54) is 0 Å². The van der Waals surface area contributed by atoms with Crippen molar-refractivity contribution in [2.24, 2.45) is 0 Å². The highest BCUT2D eigenvalue weighted by Crippen LogP contribution is 2.10. The van der Waals surface area contributed by atoms with Gasteiger partial charge in [-0.1, -0.05) is 18.2 Å². The first-order chi connectivity index (χ1) is 9.16. The van der Waals surface area contributed by atoms with Crippen LogP contribution in [-0.4, -0.2) is 43.0 Å². The molecule has 1 aliphatic rings. The minimum atomic E-state index is -0.366. The lowest BCUT2D eigenvalue weighted by atomic mass is 10.2. The smallest absolute Gasteiger partial charge is 0.245 e. The fourth-order valence-corrected chi connectivity index (χ4v) is 1.99. The predicted molar refractivity (Wildman–Crippen MR) is 70.7 cm³/mol. The number of ether oxygens (including phenoxy) is 1. The lowest BCUT2D eigenvalue weighted by molar-refractivity contribution is -0.133. The Morgan fingerprint density at radius 3 is 2.79 bits per heavy atom. The van der Waals surface area contributed by atoms with Crippen LogP contribution in [0.3, 0.4) is 0 Å². The molecule has 1 fully saturated rings. The maximum Gasteiger partial charge on any atom is 0.245 e. The Morgan fingerprint density at radius 2 is 2.16 bits per heavy atom. The largest absolute Gasteiger partial charge is 0.492 e. The summed E-state index contributed by atoms with van der Waals surface area (Å²) in [6.45, 7) is 0.938. The van der Waals surface area contributed by atoms with E-state index in [0.29, 0.717) is 26.0 Å². The van der Waals surface area contributed by atoms with Crippen molar-refractivity contribution < 1.29 is 14.3 Å². The van der Waals surface area contributed by atoms with Gasteiger partial charge in [-0.3, -0.25) is 9.59 Å². The molecular formula is C14H18N2O3. The van der Waals surface area contributed by atoms with Crippen molar-refractivity contribution in [3.63, 3.8) is 0 Å². The molecule has 5 heteroatoms. The summed E-state index contributed by atoms with van der Waals surface area (Å²) in [6.07, 6.45) is 1.02. The number of para-hydroxylation sites is 1. The minimum Gasteiger partial charge on any atom is -0.492 e. The zero-order valence-corrected chi connectivity index (χ0v) is 11.0. The summed E-state index contributed by atoms with van der Waals surface area (Å²) in [7, 11) is 1.72. The number of likely N-dealkylation sites (N-methyl/N-ethyl adjacent to an activating group) is 1. The van der Waals surface area contributed by atoms with Crippen molar-refractivity contribution in [2.45, 2.75) is 18.9 Å². The SMILES string of the molecule is CN(CCOc1ccccc1)C(=O)[C@H]1CCC(=O)N1. The Morgan fingerprint density at radius 1 is 1.42 bits per heavy atom. The van der Waals surface area contributed by atoms with E-state index in [1.54, 1.807) is 11.9 Å². The van der Waals surface area contributed by atoms with E-state index < -0.39 is 0 Å². The fourth-order valence-electron chi connectivity index (χ4n) is 1.99. The molecule has 0 aliphatic carbocycles. The van der Waals surface area contributed by atoms with E-state index >= 15 is 0 Å². The third-order valence-corrected chi connectivity index (χ3v) is 3.11. The van der Waals surface area contributed by atoms with Gasteiger partial charge in [0.05, 0.1) is 6.54 Å². The van der Waals surface area contributed by atoms with Crippen LogP contribution in [0.15, 0.2) is 30.3 Å². The van der Waals surface area contributed by atoms with Crippen LogP contribution in [0.2, 0.25) is 0 Å². The van der Waals surface area contributed by atoms with Gasteiger partial charge in [0.2, 0.25) is 11.8 Å². The first-order valence-corrected chi connectivity index (χ1v) is 6.39. The molecule has 0 bridgehead atoms. The second-order valence-corrected chi connectivity index (χ2v) is 4.58. The van der Waals surface area contributed by atoms with E-state index in [9.17, 15) is 9.59 Å². The van der Waals surface area contributed by atoms with Crippen molar-refractivity contribution in [3.05, 3.63) is 30.3 Å². The van der Waals surface area contributed by atoms with Crippen LogP contribution in [-0.2, 0) is 9.59 Å². The molecule has 102 valence electrons. The Labute approximate surface area is 112 Å². The summed E-state index contributed by atoms with van der Waals surface area (Å²) in [5.41, 5.74) is 0. The second-order valence-electron chi connectivity index (χ2n) is 4.58. The van der Waals surface area contributed by atoms with Crippen molar-refractivity contribution in [3.8, 4) is 5.75 Å². The van der Waals surface area contributed by atoms with E-state index in [0.717, 1.165) is 5.75 Å². The molecule has 1 N–H and O–H groups in total. The zero-order valence-electron chi connectivity index (χ0n) is 11.0. The first kappa shape index (κ1) is 13.4. The van der Waals surface area contributed by atoms with Crippen molar-refractivity contribution in [1.82, 2.24) is 10.2 Å². The Bertz CT molecular complexity index is 447. The summed E-state index contributed by atoms with van der Waals surface area (Å²) < 4.78 is 5.53. The van der Waals surface area contributed by atoms with Crippen LogP contribution < -0.4 is 10.1 Å². The molecule has 0 radical (unpaired) electrons. The van der Waals surface area contributed by atoms with Gasteiger partial charge in [-0.15, -0.1) is 0 Å². The highest BCUT2D eigenvalue weighted by atomic mass is 16.5. The Balaban J connectivity index is 1.73. The lowest BCUT2D eigenvalue weighted by Crippen LogP contribution is -2.43. The quantitative estimate of drug-likeness (QED) is 0.854. The normalized spacial score (nSPS) is 17.9. The van der Waals surface area contributed by atoms with Crippen LogP contribution in [0.4, 0.5) is 0 Å². The predicted octanol–water partition coefficient (Wildman–Crippen LogP) is 0.802. The number of carbonyl (C=O) groups excluding carboxylic acids is 2. The number of rotatable bonds is 5. The van der Waals surface area contributed by atoms with Crippen LogP contribution in [0, 0.1) is 0 Å². The van der Waals surface area contributed by atoms with Gasteiger partial charge in [-0.25, -0.2) is 0 Å². The maximum absolute atomic E-state index is 12.0. The highest BCUT2D eigenvalue weighted by Gasteiger charge is 2.29. The highest BCUT2D eigenvalue weighted by molar-refractivity contribution is 5.90. The summed E-state index contributed by atoms with van der Waals surface area (Å²) in [6, 6.07) is 9.11. The number of carbonyl (C=O) groups is 2. The molecule has 1 atom stereocenters. The number of nitrogens with zero attached hydrogens (tertiary/aromatic N) is 1. The minimum absolute atomic E-state index is 0.0488. The van der Waals surface area contributed by atoms with Gasteiger partial charge < -0.3 is 15.0 Å². The van der Waals surface area contributed by atoms with Gasteiger partial charge in [0.15, 0.2) is 0 Å². The van der Waals surface area contributed by atoms with Crippen molar-refractivity contribution in [1.29, 1.82) is 0 Å². The van der Waals surface area contributed by atoms with Crippen molar-refractivity contribution >= 4 is 11.8 Å². The van der Waals surface area contributed by atoms with E-state index in [-0.39, 0.29) is 17.9 Å². The van der Waals surface area contributed by atoms with Gasteiger partial charge in [0.1, 0.15) is 18.4 Å². The molecule has 1 heterocycles. The third kappa shape index (κ3) is 3.71. The summed E-state index contributed by atoms with van der Waals surface area (Å²) >= 11 is 0. The van der Waals surface area contributed by atoms with Gasteiger partial charge in [-0.2, -0.15) is 0 Å². The monoisotopic (exact) mass is 262 g/mol. The zero-order chi connectivity index (χ0) is 13.7. The lowest BCUT2D eigenvalue weighted by Gasteiger charge is -2.21. The van der Waals surface area contributed by atoms with Crippen LogP contribution in [0.1, 0.15) is 12.8 Å². The molecule has 1 aromatic rings. The molecule has 1 aromatic carbocycles. The molecule has 5 nitrogen and oxygen atoms in total. The Hall–Kier alpha value is -2.04. The van der Waals surface area contributed by atoms with Gasteiger partial charge in [0.25, 0.3) is 0 Å². The molecule has 0 unspecified atom stereocenters. The van der Waals surface area contributed by atoms with Gasteiger partial charge in [-0.05, 0) is 18.6 Å². The maximum atomic E-state index is 12.0. The average molecular weight is 262 g/mol. The number of hydrogen-bond acceptors (Lipinski definition) is 3. The molecule has 1 saturated heterocycles. The van der Waals surface area contributed by atoms with Crippen molar-refractivity contribution in [2.75, 3.05) is 20.2 Å². The average Bonchev–Trinajstić information content (AvgIpc) is 2.85. The molecule has 0 spiro atoms. The fraction of sp³-hybridized carbons (Fsp3) is 0.429. The number of nitrogens with one attached hydrogen (secondary N) is 1. The van der Waals surface area contributed by atoms with Crippen LogP contribution in [0.5, 0.6) is 5.75 Å². The molecule has 19 heavy (non-hydrogen) atoms. The topological polar surface area (TPSA) is 58.6 Å². The van der Waals surface area contributed by atoms with Gasteiger partial charge in [0, 0.05) is 13.5 Å². The van der Waals surface area contributed by atoms with Gasteiger partial charge >= 0.3 is 0 Å². The third-order valence-electron chi connectivity index (χ3n) is 3.11. The Kier molecular flexibility index (Phi) is 4.39. The van der Waals surface area contributed by atoms with Crippen LogP contribution >= 0.6 is 0 Å². The molecule has 2 rings (SSSR count). The molecule has 0 aromatic heterocycles. The van der Waals surface area contributed by atoms with Crippen LogP contribution in [0.25, 0.3) is 0 Å². The van der Waals surface area contributed by atoms with E-state index in [2.05, 4.69) is 5.32 Å². The summed E-state index contributed by atoms with van der Waals surface area (Å²) in [5.74, 6) is 0.687. The summed E-state index contributed by atoms with van der Waals surface area (Å²) in [4.78, 5) is 24.7. The second kappa shape index (κ2) is 6.22.